The van der Waals surface area contributed by atoms with E-state index in [0.29, 0.717) is 26.8 Å². The van der Waals surface area contributed by atoms with Crippen molar-refractivity contribution in [2.45, 2.75) is 5.37 Å². The molecule has 0 amide bonds. The molecule has 0 aliphatic carbocycles. The maximum absolute atomic E-state index is 9.25. The van der Waals surface area contributed by atoms with Gasteiger partial charge in [-0.05, 0) is 17.7 Å². The summed E-state index contributed by atoms with van der Waals surface area (Å²) in [5.74, 6) is 0. The number of halogens is 1. The quantitative estimate of drug-likeness (QED) is 0.826. The predicted octanol–water partition coefficient (Wildman–Crippen LogP) is 2.34. The van der Waals surface area contributed by atoms with Crippen molar-refractivity contribution in [3.63, 3.8) is 0 Å². The van der Waals surface area contributed by atoms with E-state index < -0.39 is 5.37 Å². The molecule has 1 atom stereocenters. The lowest BCUT2D eigenvalue weighted by atomic mass is 9.94. The van der Waals surface area contributed by atoms with Crippen molar-refractivity contribution in [2.75, 3.05) is 0 Å². The van der Waals surface area contributed by atoms with E-state index in [1.54, 1.807) is 24.3 Å². The molecule has 4 nitrogen and oxygen atoms in total. The van der Waals surface area contributed by atoms with Gasteiger partial charge in [0.2, 0.25) is 0 Å². The van der Waals surface area contributed by atoms with Crippen molar-refractivity contribution < 1.29 is 0 Å². The van der Waals surface area contributed by atoms with E-state index in [1.165, 1.54) is 0 Å². The van der Waals surface area contributed by atoms with Crippen molar-refractivity contribution >= 4 is 28.9 Å². The van der Waals surface area contributed by atoms with Gasteiger partial charge in [-0.2, -0.15) is 10.5 Å². The summed E-state index contributed by atoms with van der Waals surface area (Å²) in [6.07, 6.45) is 0. The molecule has 0 saturated carbocycles. The van der Waals surface area contributed by atoms with E-state index in [9.17, 15) is 10.5 Å². The first-order valence-electron chi connectivity index (χ1n) is 5.31. The van der Waals surface area contributed by atoms with E-state index in [1.807, 2.05) is 6.07 Å². The summed E-state index contributed by atoms with van der Waals surface area (Å²) >= 11 is 6.95. The zero-order valence-corrected chi connectivity index (χ0v) is 11.3. The molecule has 19 heavy (non-hydrogen) atoms. The fourth-order valence-corrected chi connectivity index (χ4v) is 2.76. The number of nitriles is 2. The summed E-state index contributed by atoms with van der Waals surface area (Å²) in [6.45, 7) is 0. The van der Waals surface area contributed by atoms with Crippen LogP contribution in [0.15, 0.2) is 40.4 Å². The number of hydrogen-bond acceptors (Lipinski definition) is 5. The Hall–Kier alpha value is -1.92. The SMILES string of the molecule is N#CC1=C(N)SC(N)C(C#N)=C1c1ccc(Cl)cc1. The van der Waals surface area contributed by atoms with Crippen LogP contribution in [0, 0.1) is 22.7 Å². The highest BCUT2D eigenvalue weighted by Crippen LogP contribution is 2.39. The number of nitrogens with two attached hydrogens (primary N) is 2. The van der Waals surface area contributed by atoms with Crippen molar-refractivity contribution in [3.8, 4) is 12.1 Å². The van der Waals surface area contributed by atoms with Gasteiger partial charge in [0.15, 0.2) is 0 Å². The molecule has 2 rings (SSSR count). The third-order valence-corrected chi connectivity index (χ3v) is 3.87. The Kier molecular flexibility index (Phi) is 3.82. The lowest BCUT2D eigenvalue weighted by molar-refractivity contribution is 1.10. The Morgan fingerprint density at radius 1 is 1.16 bits per heavy atom. The molecule has 1 aliphatic rings. The number of allylic oxidation sites excluding steroid dienone is 2. The molecule has 94 valence electrons. The second-order valence-corrected chi connectivity index (χ2v) is 5.42. The first-order valence-corrected chi connectivity index (χ1v) is 6.57. The maximum atomic E-state index is 9.25. The van der Waals surface area contributed by atoms with Gasteiger partial charge in [-0.15, -0.1) is 0 Å². The molecule has 1 aromatic rings. The Bertz CT molecular complexity index is 661. The molecule has 6 heteroatoms. The van der Waals surface area contributed by atoms with Crippen molar-refractivity contribution in [1.82, 2.24) is 0 Å². The molecule has 0 saturated heterocycles. The van der Waals surface area contributed by atoms with Gasteiger partial charge in [-0.3, -0.25) is 0 Å². The minimum Gasteiger partial charge on any atom is -0.392 e. The van der Waals surface area contributed by atoms with E-state index >= 15 is 0 Å². The van der Waals surface area contributed by atoms with Gasteiger partial charge in [0.25, 0.3) is 0 Å². The average Bonchev–Trinajstić information content (AvgIpc) is 2.39. The summed E-state index contributed by atoms with van der Waals surface area (Å²) < 4.78 is 0. The monoisotopic (exact) mass is 288 g/mol. The zero-order chi connectivity index (χ0) is 14.0. The summed E-state index contributed by atoms with van der Waals surface area (Å²) in [5.41, 5.74) is 13.5. The Morgan fingerprint density at radius 2 is 1.79 bits per heavy atom. The number of benzene rings is 1. The van der Waals surface area contributed by atoms with Gasteiger partial charge in [0.1, 0.15) is 6.07 Å². The summed E-state index contributed by atoms with van der Waals surface area (Å²) in [4.78, 5) is 0. The lowest BCUT2D eigenvalue weighted by Crippen LogP contribution is -2.25. The fraction of sp³-hybridized carbons (Fsp3) is 0.0769. The van der Waals surface area contributed by atoms with Crippen LogP contribution in [0.2, 0.25) is 5.02 Å². The van der Waals surface area contributed by atoms with Gasteiger partial charge < -0.3 is 11.5 Å². The predicted molar refractivity (Wildman–Crippen MR) is 76.4 cm³/mol. The molecule has 1 aromatic carbocycles. The van der Waals surface area contributed by atoms with Gasteiger partial charge in [0.05, 0.1) is 27.6 Å². The second kappa shape index (κ2) is 5.38. The molecule has 0 bridgehead atoms. The first kappa shape index (κ1) is 13.5. The number of hydrogen-bond donors (Lipinski definition) is 2. The number of thioether (sulfide) groups is 1. The van der Waals surface area contributed by atoms with Crippen LogP contribution < -0.4 is 11.5 Å². The molecule has 0 fully saturated rings. The van der Waals surface area contributed by atoms with Crippen LogP contribution in [0.1, 0.15) is 5.56 Å². The van der Waals surface area contributed by atoms with Gasteiger partial charge >= 0.3 is 0 Å². The third kappa shape index (κ3) is 2.45. The molecular formula is C13H9ClN4S. The Balaban J connectivity index is 2.70. The average molecular weight is 289 g/mol. The van der Waals surface area contributed by atoms with Crippen molar-refractivity contribution in [1.29, 1.82) is 10.5 Å². The van der Waals surface area contributed by atoms with Crippen LogP contribution in [0.3, 0.4) is 0 Å². The number of nitrogens with zero attached hydrogens (tertiary/aromatic N) is 2. The highest BCUT2D eigenvalue weighted by atomic mass is 35.5. The minimum atomic E-state index is -0.562. The second-order valence-electron chi connectivity index (χ2n) is 3.80. The third-order valence-electron chi connectivity index (χ3n) is 2.67. The normalized spacial score (nSPS) is 19.1. The Labute approximate surface area is 119 Å². The lowest BCUT2D eigenvalue weighted by Gasteiger charge is -2.22. The molecule has 0 radical (unpaired) electrons. The van der Waals surface area contributed by atoms with Gasteiger partial charge in [-0.25, -0.2) is 0 Å². The van der Waals surface area contributed by atoms with Crippen LogP contribution in [-0.2, 0) is 0 Å². The van der Waals surface area contributed by atoms with Crippen LogP contribution in [0.25, 0.3) is 5.57 Å². The van der Waals surface area contributed by atoms with Crippen LogP contribution in [0.4, 0.5) is 0 Å². The molecule has 1 aliphatic heterocycles. The molecule has 0 aromatic heterocycles. The zero-order valence-electron chi connectivity index (χ0n) is 9.72. The largest absolute Gasteiger partial charge is 0.392 e. The van der Waals surface area contributed by atoms with Gasteiger partial charge in [0, 0.05) is 10.6 Å². The standard InChI is InChI=1S/C13H9ClN4S/c14-8-3-1-7(2-4-8)11-9(5-15)12(17)19-13(18)10(11)6-16/h1-4,12H,17-18H2. The van der Waals surface area contributed by atoms with E-state index in [4.69, 9.17) is 23.1 Å². The summed E-state index contributed by atoms with van der Waals surface area (Å²) in [6, 6.07) is 11.0. The molecule has 4 N–H and O–H groups in total. The van der Waals surface area contributed by atoms with Crippen LogP contribution in [0.5, 0.6) is 0 Å². The highest BCUT2D eigenvalue weighted by molar-refractivity contribution is 8.03. The molecule has 1 unspecified atom stereocenters. The smallest absolute Gasteiger partial charge is 0.103 e. The van der Waals surface area contributed by atoms with E-state index in [-0.39, 0.29) is 5.57 Å². The summed E-state index contributed by atoms with van der Waals surface area (Å²) in [7, 11) is 0. The molecule has 1 heterocycles. The topological polar surface area (TPSA) is 99.6 Å². The fourth-order valence-electron chi connectivity index (χ4n) is 1.80. The maximum Gasteiger partial charge on any atom is 0.103 e. The molecule has 0 spiro atoms. The molecular weight excluding hydrogens is 280 g/mol. The number of rotatable bonds is 1. The van der Waals surface area contributed by atoms with E-state index in [0.717, 1.165) is 11.8 Å². The highest BCUT2D eigenvalue weighted by Gasteiger charge is 2.27. The van der Waals surface area contributed by atoms with Crippen molar-refractivity contribution in [2.24, 2.45) is 11.5 Å². The van der Waals surface area contributed by atoms with Crippen LogP contribution in [-0.4, -0.2) is 5.37 Å². The Morgan fingerprint density at radius 3 is 2.32 bits per heavy atom. The minimum absolute atomic E-state index is 0.283. The van der Waals surface area contributed by atoms with Gasteiger partial charge in [-0.1, -0.05) is 35.5 Å². The first-order chi connectivity index (χ1) is 9.08. The van der Waals surface area contributed by atoms with Crippen molar-refractivity contribution in [3.05, 3.63) is 51.0 Å². The van der Waals surface area contributed by atoms with E-state index in [2.05, 4.69) is 6.07 Å². The van der Waals surface area contributed by atoms with Crippen LogP contribution >= 0.6 is 23.4 Å². The summed E-state index contributed by atoms with van der Waals surface area (Å²) in [5, 5.41) is 18.8.